The summed E-state index contributed by atoms with van der Waals surface area (Å²) in [7, 11) is -0.802. The van der Waals surface area contributed by atoms with Crippen molar-refractivity contribution in [3.63, 3.8) is 0 Å². The minimum absolute atomic E-state index is 0.000436. The molecule has 1 aliphatic heterocycles. The Morgan fingerprint density at radius 2 is 1.96 bits per heavy atom. The highest BCUT2D eigenvalue weighted by Crippen LogP contribution is 2.22. The van der Waals surface area contributed by atoms with Crippen LogP contribution in [0.25, 0.3) is 0 Å². The number of benzene rings is 1. The van der Waals surface area contributed by atoms with Crippen molar-refractivity contribution >= 4 is 44.8 Å². The molecule has 8 nitrogen and oxygen atoms in total. The molecule has 1 aromatic heterocycles. The zero-order valence-electron chi connectivity index (χ0n) is 15.3. The number of anilines is 1. The monoisotopic (exact) mass is 421 g/mol. The maximum Gasteiger partial charge on any atom is 0.348 e. The van der Waals surface area contributed by atoms with Crippen LogP contribution < -0.4 is 5.32 Å². The average molecular weight is 422 g/mol. The molecule has 2 aromatic rings. The van der Waals surface area contributed by atoms with Crippen molar-refractivity contribution in [3.05, 3.63) is 46.2 Å². The van der Waals surface area contributed by atoms with Crippen molar-refractivity contribution in [3.8, 4) is 0 Å². The highest BCUT2D eigenvalue weighted by Gasteiger charge is 2.21. The summed E-state index contributed by atoms with van der Waals surface area (Å²) in [5, 5.41) is 2.64. The van der Waals surface area contributed by atoms with Gasteiger partial charge in [0, 0.05) is 25.7 Å². The molecular weight excluding hydrogens is 402 g/mol. The van der Waals surface area contributed by atoms with Crippen LogP contribution in [-0.4, -0.2) is 51.7 Å². The van der Waals surface area contributed by atoms with Crippen LogP contribution >= 0.6 is 11.3 Å². The normalized spacial score (nSPS) is 15.6. The molecule has 1 N–H and O–H groups in total. The molecule has 148 valence electrons. The Bertz CT molecular complexity index is 1040. The summed E-state index contributed by atoms with van der Waals surface area (Å²) in [5.74, 6) is -0.437. The topological polar surface area (TPSA) is 105 Å². The fourth-order valence-corrected chi connectivity index (χ4v) is 4.66. The van der Waals surface area contributed by atoms with Crippen molar-refractivity contribution in [2.24, 2.45) is 4.40 Å². The minimum atomic E-state index is -3.87. The van der Waals surface area contributed by atoms with Gasteiger partial charge < -0.3 is 15.0 Å². The first-order valence-electron chi connectivity index (χ1n) is 8.45. The van der Waals surface area contributed by atoms with Gasteiger partial charge in [-0.15, -0.1) is 15.7 Å². The van der Waals surface area contributed by atoms with Gasteiger partial charge in [-0.05, 0) is 36.8 Å². The van der Waals surface area contributed by atoms with E-state index in [2.05, 4.69) is 14.5 Å². The first kappa shape index (κ1) is 20.0. The maximum absolute atomic E-state index is 12.6. The molecule has 0 unspecified atom stereocenters. The Hall–Kier alpha value is -2.72. The van der Waals surface area contributed by atoms with Gasteiger partial charge in [0.2, 0.25) is 0 Å². The molecular formula is C18H19N3O5S2. The number of ether oxygens (including phenoxy) is 1. The second kappa shape index (κ2) is 8.11. The highest BCUT2D eigenvalue weighted by atomic mass is 32.2. The van der Waals surface area contributed by atoms with Crippen LogP contribution in [0.5, 0.6) is 0 Å². The minimum Gasteiger partial charge on any atom is -0.465 e. The number of rotatable bonds is 5. The number of hydrogen-bond donors (Lipinski definition) is 1. The third-order valence-electron chi connectivity index (χ3n) is 4.17. The average Bonchev–Trinajstić information content (AvgIpc) is 3.31. The summed E-state index contributed by atoms with van der Waals surface area (Å²) in [5.41, 5.74) is 0.319. The van der Waals surface area contributed by atoms with Gasteiger partial charge >= 0.3 is 5.97 Å². The Morgan fingerprint density at radius 1 is 1.21 bits per heavy atom. The third kappa shape index (κ3) is 4.39. The molecule has 10 heteroatoms. The standard InChI is InChI=1S/C18H19N3O5S2/c1-21-10-4-7-16(21)20-28(24,25)13-6-3-5-12(11-13)19-17(22)14-8-9-15(27-14)18(23)26-2/h3,5-6,8-9,11H,4,7,10H2,1-2H3,(H,19,22)/b20-16-. The number of amidine groups is 1. The van der Waals surface area contributed by atoms with E-state index in [4.69, 9.17) is 0 Å². The van der Waals surface area contributed by atoms with E-state index in [1.807, 2.05) is 11.9 Å². The second-order valence-electron chi connectivity index (χ2n) is 6.15. The third-order valence-corrected chi connectivity index (χ3v) is 6.53. The maximum atomic E-state index is 12.6. The van der Waals surface area contributed by atoms with Gasteiger partial charge in [0.1, 0.15) is 10.7 Å². The molecule has 0 saturated carbocycles. The van der Waals surface area contributed by atoms with E-state index in [1.165, 1.54) is 37.4 Å². The Labute approximate surface area is 166 Å². The molecule has 1 saturated heterocycles. The van der Waals surface area contributed by atoms with E-state index in [0.29, 0.717) is 27.7 Å². The van der Waals surface area contributed by atoms with E-state index in [1.54, 1.807) is 6.07 Å². The molecule has 1 aromatic carbocycles. The number of carbonyl (C=O) groups excluding carboxylic acids is 2. The van der Waals surface area contributed by atoms with Gasteiger partial charge in [0.15, 0.2) is 0 Å². The first-order chi connectivity index (χ1) is 13.3. The summed E-state index contributed by atoms with van der Waals surface area (Å²) < 4.78 is 33.7. The van der Waals surface area contributed by atoms with Crippen molar-refractivity contribution in [1.29, 1.82) is 0 Å². The number of esters is 1. The predicted molar refractivity (Wildman–Crippen MR) is 107 cm³/mol. The van der Waals surface area contributed by atoms with Crippen LogP contribution in [0.15, 0.2) is 45.7 Å². The molecule has 1 aliphatic rings. The van der Waals surface area contributed by atoms with Gasteiger partial charge in [-0.1, -0.05) is 6.07 Å². The van der Waals surface area contributed by atoms with Gasteiger partial charge in [-0.3, -0.25) is 4.79 Å². The van der Waals surface area contributed by atoms with E-state index in [0.717, 1.165) is 24.3 Å². The Balaban J connectivity index is 1.79. The number of amides is 1. The lowest BCUT2D eigenvalue weighted by molar-refractivity contribution is 0.0606. The number of thiophene rings is 1. The lowest BCUT2D eigenvalue weighted by Gasteiger charge is -2.11. The van der Waals surface area contributed by atoms with Crippen LogP contribution in [0.4, 0.5) is 5.69 Å². The number of hydrogen-bond acceptors (Lipinski definition) is 6. The number of nitrogens with zero attached hydrogens (tertiary/aromatic N) is 2. The number of carbonyl (C=O) groups is 2. The zero-order valence-corrected chi connectivity index (χ0v) is 17.0. The zero-order chi connectivity index (χ0) is 20.3. The lowest BCUT2D eigenvalue weighted by Crippen LogP contribution is -2.20. The van der Waals surface area contributed by atoms with E-state index in [9.17, 15) is 18.0 Å². The summed E-state index contributed by atoms with van der Waals surface area (Å²) in [4.78, 5) is 26.3. The Kier molecular flexibility index (Phi) is 5.80. The number of likely N-dealkylation sites (tertiary alicyclic amines) is 1. The van der Waals surface area contributed by atoms with Crippen molar-refractivity contribution in [2.75, 3.05) is 26.0 Å². The highest BCUT2D eigenvalue weighted by molar-refractivity contribution is 7.90. The fourth-order valence-electron chi connectivity index (χ4n) is 2.70. The molecule has 1 fully saturated rings. The van der Waals surface area contributed by atoms with Crippen LogP contribution in [-0.2, 0) is 14.8 Å². The molecule has 1 amide bonds. The largest absolute Gasteiger partial charge is 0.465 e. The summed E-state index contributed by atoms with van der Waals surface area (Å²) >= 11 is 0.992. The van der Waals surface area contributed by atoms with Gasteiger partial charge in [0.05, 0.1) is 16.9 Å². The van der Waals surface area contributed by atoms with Gasteiger partial charge in [-0.25, -0.2) is 4.79 Å². The number of methoxy groups -OCH3 is 1. The molecule has 28 heavy (non-hydrogen) atoms. The van der Waals surface area contributed by atoms with Gasteiger partial charge in [0.25, 0.3) is 15.9 Å². The lowest BCUT2D eigenvalue weighted by atomic mass is 10.3. The Morgan fingerprint density at radius 3 is 2.64 bits per heavy atom. The van der Waals surface area contributed by atoms with Crippen molar-refractivity contribution in [2.45, 2.75) is 17.7 Å². The van der Waals surface area contributed by atoms with Crippen LogP contribution in [0.2, 0.25) is 0 Å². The van der Waals surface area contributed by atoms with Crippen LogP contribution in [0.1, 0.15) is 32.2 Å². The molecule has 0 spiro atoms. The smallest absolute Gasteiger partial charge is 0.348 e. The predicted octanol–water partition coefficient (Wildman–Crippen LogP) is 2.60. The summed E-state index contributed by atoms with van der Waals surface area (Å²) in [6, 6.07) is 8.93. The number of nitrogens with one attached hydrogen (secondary N) is 1. The SMILES string of the molecule is COC(=O)c1ccc(C(=O)Nc2cccc(S(=O)(=O)/N=C3/CCCN3C)c2)s1. The number of sulfonamides is 1. The van der Waals surface area contributed by atoms with Crippen LogP contribution in [0.3, 0.4) is 0 Å². The van der Waals surface area contributed by atoms with Crippen LogP contribution in [0, 0.1) is 0 Å². The van der Waals surface area contributed by atoms with Crippen molar-refractivity contribution < 1.29 is 22.7 Å². The van der Waals surface area contributed by atoms with Gasteiger partial charge in [-0.2, -0.15) is 8.42 Å². The second-order valence-corrected chi connectivity index (χ2v) is 8.83. The quantitative estimate of drug-likeness (QED) is 0.744. The van der Waals surface area contributed by atoms with E-state index >= 15 is 0 Å². The molecule has 0 aliphatic carbocycles. The van der Waals surface area contributed by atoms with Crippen molar-refractivity contribution in [1.82, 2.24) is 4.90 Å². The van der Waals surface area contributed by atoms with E-state index < -0.39 is 21.9 Å². The molecule has 2 heterocycles. The molecule has 0 atom stereocenters. The van der Waals surface area contributed by atoms with E-state index in [-0.39, 0.29) is 4.90 Å². The first-order valence-corrected chi connectivity index (χ1v) is 10.7. The molecule has 3 rings (SSSR count). The molecule has 0 bridgehead atoms. The summed E-state index contributed by atoms with van der Waals surface area (Å²) in [6.45, 7) is 0.777. The fraction of sp³-hybridized carbons (Fsp3) is 0.278. The summed E-state index contributed by atoms with van der Waals surface area (Å²) in [6.07, 6.45) is 1.49. The molecule has 0 radical (unpaired) electrons.